The molecule has 2 aromatic heterocycles. The summed E-state index contributed by atoms with van der Waals surface area (Å²) in [7, 11) is 0. The molecular formula is C61H38N2O. The van der Waals surface area contributed by atoms with Crippen LogP contribution >= 0.6 is 0 Å². The molecule has 2 heterocycles. The Kier molecular flexibility index (Phi) is 7.32. The van der Waals surface area contributed by atoms with Crippen LogP contribution < -0.4 is 4.90 Å². The highest BCUT2D eigenvalue weighted by molar-refractivity contribution is 6.25. The summed E-state index contributed by atoms with van der Waals surface area (Å²) >= 11 is 0. The van der Waals surface area contributed by atoms with Crippen LogP contribution in [0.1, 0.15) is 22.3 Å². The molecule has 2 aliphatic carbocycles. The van der Waals surface area contributed by atoms with Gasteiger partial charge >= 0.3 is 0 Å². The first-order valence-corrected chi connectivity index (χ1v) is 22.1. The lowest BCUT2D eigenvalue weighted by atomic mass is 9.70. The standard InChI is InChI=1S/C61H38N2O/c1-4-16-39(17-5-1)40-28-30-43(31-29-40)62(41-18-6-2-7-19-41)44-32-33-46-45-22-10-13-25-51(45)61(54(46)38-44)52-26-14-11-23-49(52)57-53(61)36-34-47-48-35-37-56-58(60(48)64-59(47)57)50-24-12-15-27-55(50)63(56)42-20-8-3-9-21-42/h1-38H. The van der Waals surface area contributed by atoms with Crippen LogP contribution in [0.4, 0.5) is 17.1 Å². The van der Waals surface area contributed by atoms with E-state index in [1.54, 1.807) is 0 Å². The van der Waals surface area contributed by atoms with E-state index in [1.165, 1.54) is 61.0 Å². The summed E-state index contributed by atoms with van der Waals surface area (Å²) in [6, 6.07) is 84.2. The SMILES string of the molecule is c1ccc(-c2ccc(N(c3ccccc3)c3ccc4c(c3)C3(c5ccccc5-4)c4ccccc4-c4c3ccc3c4oc4c3ccc3c4c4ccccc4n3-c3ccccc3)cc2)cc1. The van der Waals surface area contributed by atoms with E-state index in [2.05, 4.69) is 240 Å². The van der Waals surface area contributed by atoms with Crippen LogP contribution in [0.25, 0.3) is 82.8 Å². The van der Waals surface area contributed by atoms with Gasteiger partial charge in [-0.2, -0.15) is 0 Å². The number of hydrogen-bond acceptors (Lipinski definition) is 2. The van der Waals surface area contributed by atoms with Crippen LogP contribution in [0.5, 0.6) is 0 Å². The van der Waals surface area contributed by atoms with Crippen LogP contribution in [0.2, 0.25) is 0 Å². The van der Waals surface area contributed by atoms with Crippen LogP contribution in [-0.2, 0) is 5.41 Å². The number of anilines is 3. The molecule has 0 fully saturated rings. The number of para-hydroxylation sites is 3. The molecule has 64 heavy (non-hydrogen) atoms. The Hall–Kier alpha value is -8.40. The van der Waals surface area contributed by atoms with Crippen molar-refractivity contribution in [3.63, 3.8) is 0 Å². The number of aromatic nitrogens is 1. The lowest BCUT2D eigenvalue weighted by molar-refractivity contribution is 0.673. The van der Waals surface area contributed by atoms with Crippen molar-refractivity contribution in [2.45, 2.75) is 5.41 Å². The number of nitrogens with zero attached hydrogens (tertiary/aromatic N) is 2. The van der Waals surface area contributed by atoms with E-state index in [0.717, 1.165) is 61.1 Å². The van der Waals surface area contributed by atoms with Crippen LogP contribution in [0, 0.1) is 0 Å². The van der Waals surface area contributed by atoms with Gasteiger partial charge in [0.15, 0.2) is 0 Å². The molecule has 14 rings (SSSR count). The highest BCUT2D eigenvalue weighted by atomic mass is 16.3. The molecule has 0 saturated heterocycles. The maximum absolute atomic E-state index is 7.40. The zero-order valence-electron chi connectivity index (χ0n) is 34.7. The van der Waals surface area contributed by atoms with Crippen LogP contribution in [-0.4, -0.2) is 4.57 Å². The summed E-state index contributed by atoms with van der Waals surface area (Å²) in [6.45, 7) is 0. The summed E-state index contributed by atoms with van der Waals surface area (Å²) in [4.78, 5) is 2.40. The normalized spacial score (nSPS) is 14.6. The highest BCUT2D eigenvalue weighted by Gasteiger charge is 2.52. The molecule has 1 unspecified atom stereocenters. The minimum Gasteiger partial charge on any atom is -0.455 e. The van der Waals surface area contributed by atoms with Crippen molar-refractivity contribution in [3.05, 3.63) is 253 Å². The average molecular weight is 815 g/mol. The first-order chi connectivity index (χ1) is 31.8. The van der Waals surface area contributed by atoms with E-state index >= 15 is 0 Å². The lowest BCUT2D eigenvalue weighted by Crippen LogP contribution is -2.26. The van der Waals surface area contributed by atoms with Gasteiger partial charge in [0.05, 0.1) is 21.8 Å². The van der Waals surface area contributed by atoms with E-state index in [9.17, 15) is 0 Å². The molecule has 298 valence electrons. The number of rotatable bonds is 5. The minimum absolute atomic E-state index is 0.570. The van der Waals surface area contributed by atoms with Gasteiger partial charge in [0, 0.05) is 44.5 Å². The number of benzene rings is 10. The molecule has 2 aliphatic rings. The van der Waals surface area contributed by atoms with Gasteiger partial charge < -0.3 is 13.9 Å². The van der Waals surface area contributed by atoms with Crippen molar-refractivity contribution in [1.29, 1.82) is 0 Å². The van der Waals surface area contributed by atoms with Gasteiger partial charge in [0.25, 0.3) is 0 Å². The van der Waals surface area contributed by atoms with Crippen LogP contribution in [0.15, 0.2) is 235 Å². The summed E-state index contributed by atoms with van der Waals surface area (Å²) < 4.78 is 9.77. The smallest absolute Gasteiger partial charge is 0.145 e. The molecule has 0 amide bonds. The van der Waals surface area contributed by atoms with Gasteiger partial charge in [-0.1, -0.05) is 164 Å². The third kappa shape index (κ3) is 4.70. The predicted molar refractivity (Wildman–Crippen MR) is 264 cm³/mol. The molecule has 1 spiro atoms. The van der Waals surface area contributed by atoms with Crippen LogP contribution in [0.3, 0.4) is 0 Å². The number of furan rings is 1. The molecule has 0 saturated carbocycles. The quantitative estimate of drug-likeness (QED) is 0.173. The summed E-state index contributed by atoms with van der Waals surface area (Å²) in [5, 5.41) is 4.59. The molecular weight excluding hydrogens is 777 g/mol. The zero-order valence-corrected chi connectivity index (χ0v) is 34.7. The Morgan fingerprint density at radius 3 is 1.73 bits per heavy atom. The maximum Gasteiger partial charge on any atom is 0.145 e. The number of fused-ring (bicyclic) bond motifs is 18. The Morgan fingerprint density at radius 1 is 0.359 bits per heavy atom. The molecule has 12 aromatic rings. The first kappa shape index (κ1) is 35.2. The van der Waals surface area contributed by atoms with Gasteiger partial charge in [-0.05, 0) is 117 Å². The fraction of sp³-hybridized carbons (Fsp3) is 0.0164. The largest absolute Gasteiger partial charge is 0.455 e. The highest BCUT2D eigenvalue weighted by Crippen LogP contribution is 2.65. The van der Waals surface area contributed by atoms with E-state index in [0.29, 0.717) is 0 Å². The van der Waals surface area contributed by atoms with E-state index in [4.69, 9.17) is 4.42 Å². The number of hydrogen-bond donors (Lipinski definition) is 0. The summed E-state index contributed by atoms with van der Waals surface area (Å²) in [5.41, 5.74) is 20.5. The fourth-order valence-corrected chi connectivity index (χ4v) is 11.4. The van der Waals surface area contributed by atoms with Crippen molar-refractivity contribution in [3.8, 4) is 39.1 Å². The van der Waals surface area contributed by atoms with E-state index < -0.39 is 5.41 Å². The molecule has 3 nitrogen and oxygen atoms in total. The van der Waals surface area contributed by atoms with Crippen molar-refractivity contribution in [1.82, 2.24) is 4.57 Å². The maximum atomic E-state index is 7.40. The first-order valence-electron chi connectivity index (χ1n) is 22.1. The second kappa shape index (κ2) is 13.3. The minimum atomic E-state index is -0.570. The Labute approximate surface area is 370 Å². The predicted octanol–water partition coefficient (Wildman–Crippen LogP) is 16.2. The average Bonchev–Trinajstić information content (AvgIpc) is 4.09. The van der Waals surface area contributed by atoms with E-state index in [-0.39, 0.29) is 0 Å². The van der Waals surface area contributed by atoms with Gasteiger partial charge in [-0.15, -0.1) is 0 Å². The Bertz CT molecular complexity index is 3830. The third-order valence-corrected chi connectivity index (χ3v) is 14.0. The molecule has 0 bridgehead atoms. The molecule has 1 atom stereocenters. The Morgan fingerprint density at radius 2 is 0.938 bits per heavy atom. The molecule has 3 heteroatoms. The second-order valence-corrected chi connectivity index (χ2v) is 17.1. The molecule has 0 aliphatic heterocycles. The van der Waals surface area contributed by atoms with Gasteiger partial charge in [-0.25, -0.2) is 0 Å². The van der Waals surface area contributed by atoms with Gasteiger partial charge in [-0.3, -0.25) is 0 Å². The van der Waals surface area contributed by atoms with Crippen molar-refractivity contribution >= 4 is 60.8 Å². The zero-order chi connectivity index (χ0) is 41.9. The molecule has 0 radical (unpaired) electrons. The van der Waals surface area contributed by atoms with Crippen molar-refractivity contribution < 1.29 is 4.42 Å². The third-order valence-electron chi connectivity index (χ3n) is 14.0. The van der Waals surface area contributed by atoms with Gasteiger partial charge in [0.2, 0.25) is 0 Å². The molecule has 0 N–H and O–H groups in total. The van der Waals surface area contributed by atoms with Crippen molar-refractivity contribution in [2.75, 3.05) is 4.90 Å². The van der Waals surface area contributed by atoms with E-state index in [1.807, 2.05) is 0 Å². The fourth-order valence-electron chi connectivity index (χ4n) is 11.4. The topological polar surface area (TPSA) is 21.3 Å². The Balaban J connectivity index is 1.02. The van der Waals surface area contributed by atoms with Crippen molar-refractivity contribution in [2.24, 2.45) is 0 Å². The monoisotopic (exact) mass is 814 g/mol. The summed E-state index contributed by atoms with van der Waals surface area (Å²) in [5.74, 6) is 0. The lowest BCUT2D eigenvalue weighted by Gasteiger charge is -2.32. The summed E-state index contributed by atoms with van der Waals surface area (Å²) in [6.07, 6.45) is 0. The second-order valence-electron chi connectivity index (χ2n) is 17.1. The van der Waals surface area contributed by atoms with Gasteiger partial charge in [0.1, 0.15) is 11.2 Å². The molecule has 10 aromatic carbocycles.